The van der Waals surface area contributed by atoms with E-state index < -0.39 is 36.3 Å². The van der Waals surface area contributed by atoms with Gasteiger partial charge in [-0.25, -0.2) is 0 Å². The van der Waals surface area contributed by atoms with Crippen LogP contribution in [0.4, 0.5) is 0 Å². The number of allylic oxidation sites excluding steroid dienone is 2. The van der Waals surface area contributed by atoms with Crippen LogP contribution in [0.1, 0.15) is 31.8 Å². The van der Waals surface area contributed by atoms with Crippen LogP contribution in [0.5, 0.6) is 11.5 Å². The monoisotopic (exact) mass is 250 g/mol. The molecule has 0 spiro atoms. The molecule has 0 aromatic heterocycles. The lowest BCUT2D eigenvalue weighted by atomic mass is 9.88. The smallest absolute Gasteiger partial charge is 0.190 e. The van der Waals surface area contributed by atoms with Gasteiger partial charge in [-0.3, -0.25) is 9.59 Å². The van der Waals surface area contributed by atoms with E-state index >= 15 is 0 Å². The Hall–Kier alpha value is -2.18. The topological polar surface area (TPSA) is 115 Å². The predicted molar refractivity (Wildman–Crippen MR) is 59.4 cm³/mol. The van der Waals surface area contributed by atoms with E-state index in [4.69, 9.17) is 10.2 Å². The van der Waals surface area contributed by atoms with Gasteiger partial charge >= 0.3 is 0 Å². The van der Waals surface area contributed by atoms with Gasteiger partial charge in [-0.15, -0.1) is 0 Å². The Labute approximate surface area is 101 Å². The van der Waals surface area contributed by atoms with Crippen LogP contribution in [0.2, 0.25) is 0 Å². The molecule has 2 rings (SSSR count). The van der Waals surface area contributed by atoms with Crippen LogP contribution in [-0.2, 0) is 13.2 Å². The Kier molecular flexibility index (Phi) is 2.90. The van der Waals surface area contributed by atoms with Crippen LogP contribution in [0.3, 0.4) is 0 Å². The van der Waals surface area contributed by atoms with E-state index in [0.717, 1.165) is 12.2 Å². The molecule has 0 saturated heterocycles. The number of hydrogen-bond donors (Lipinski definition) is 4. The first-order chi connectivity index (χ1) is 8.52. The second-order valence-electron chi connectivity index (χ2n) is 3.78. The van der Waals surface area contributed by atoms with Gasteiger partial charge in [-0.2, -0.15) is 0 Å². The summed E-state index contributed by atoms with van der Waals surface area (Å²) < 4.78 is 0. The van der Waals surface area contributed by atoms with Crippen molar-refractivity contribution in [1.29, 1.82) is 0 Å². The average Bonchev–Trinajstić information content (AvgIpc) is 2.35. The summed E-state index contributed by atoms with van der Waals surface area (Å²) in [7, 11) is 0. The van der Waals surface area contributed by atoms with Gasteiger partial charge in [0.25, 0.3) is 0 Å². The van der Waals surface area contributed by atoms with Crippen molar-refractivity contribution in [3.05, 3.63) is 34.4 Å². The predicted octanol–water partition coefficient (Wildman–Crippen LogP) is 0.0176. The Morgan fingerprint density at radius 3 is 1.39 bits per heavy atom. The van der Waals surface area contributed by atoms with E-state index in [1.165, 1.54) is 0 Å². The van der Waals surface area contributed by atoms with Crippen molar-refractivity contribution in [2.24, 2.45) is 0 Å². The highest BCUT2D eigenvalue weighted by molar-refractivity contribution is 6.24. The number of benzene rings is 1. The molecular weight excluding hydrogens is 240 g/mol. The summed E-state index contributed by atoms with van der Waals surface area (Å²) in [5.74, 6) is -2.46. The molecule has 0 atom stereocenters. The lowest BCUT2D eigenvalue weighted by Gasteiger charge is -2.18. The fourth-order valence-corrected chi connectivity index (χ4v) is 1.96. The number of aromatic hydroxyl groups is 2. The first-order valence-electron chi connectivity index (χ1n) is 5.11. The Balaban J connectivity index is 2.90. The number of rotatable bonds is 2. The van der Waals surface area contributed by atoms with E-state index in [1.54, 1.807) is 0 Å². The van der Waals surface area contributed by atoms with Crippen molar-refractivity contribution in [3.8, 4) is 11.5 Å². The first-order valence-corrected chi connectivity index (χ1v) is 5.11. The highest BCUT2D eigenvalue weighted by Crippen LogP contribution is 2.40. The summed E-state index contributed by atoms with van der Waals surface area (Å²) in [5, 5.41) is 38.0. The molecule has 6 heteroatoms. The summed E-state index contributed by atoms with van der Waals surface area (Å²) >= 11 is 0. The summed E-state index contributed by atoms with van der Waals surface area (Å²) in [6.45, 7) is -1.35. The molecule has 0 aliphatic heterocycles. The third kappa shape index (κ3) is 1.51. The molecule has 6 nitrogen and oxygen atoms in total. The fraction of sp³-hybridized carbons (Fsp3) is 0.167. The molecule has 0 bridgehead atoms. The van der Waals surface area contributed by atoms with Gasteiger partial charge in [0.1, 0.15) is 11.5 Å². The van der Waals surface area contributed by atoms with Crippen molar-refractivity contribution in [2.75, 3.05) is 0 Å². The first kappa shape index (κ1) is 12.3. The highest BCUT2D eigenvalue weighted by atomic mass is 16.3. The number of aliphatic hydroxyl groups excluding tert-OH is 2. The second kappa shape index (κ2) is 4.25. The van der Waals surface area contributed by atoms with Gasteiger partial charge in [0, 0.05) is 11.1 Å². The van der Waals surface area contributed by atoms with Gasteiger partial charge in [0.2, 0.25) is 0 Å². The number of hydrogen-bond acceptors (Lipinski definition) is 6. The number of fused-ring (bicyclic) bond motifs is 1. The zero-order valence-electron chi connectivity index (χ0n) is 9.17. The van der Waals surface area contributed by atoms with Crippen LogP contribution in [-0.4, -0.2) is 32.0 Å². The minimum atomic E-state index is -0.673. The normalized spacial score (nSPS) is 13.9. The van der Waals surface area contributed by atoms with E-state index in [-0.39, 0.29) is 22.3 Å². The molecule has 1 aromatic carbocycles. The van der Waals surface area contributed by atoms with Crippen molar-refractivity contribution in [2.45, 2.75) is 13.2 Å². The molecular formula is C12H10O6. The van der Waals surface area contributed by atoms with E-state index in [1.807, 2.05) is 0 Å². The molecule has 0 heterocycles. The molecule has 1 aromatic rings. The Morgan fingerprint density at radius 1 is 0.778 bits per heavy atom. The van der Waals surface area contributed by atoms with Crippen LogP contribution >= 0.6 is 0 Å². The lowest BCUT2D eigenvalue weighted by molar-refractivity contribution is 0.0988. The van der Waals surface area contributed by atoms with Gasteiger partial charge in [0.15, 0.2) is 11.6 Å². The summed E-state index contributed by atoms with van der Waals surface area (Å²) in [5.41, 5.74) is -1.02. The second-order valence-corrected chi connectivity index (χ2v) is 3.78. The lowest BCUT2D eigenvalue weighted by Crippen LogP contribution is -2.15. The minimum Gasteiger partial charge on any atom is -0.507 e. The van der Waals surface area contributed by atoms with E-state index in [2.05, 4.69) is 0 Å². The third-order valence-corrected chi connectivity index (χ3v) is 2.85. The molecule has 1 aliphatic carbocycles. The van der Waals surface area contributed by atoms with Crippen molar-refractivity contribution in [1.82, 2.24) is 0 Å². The SMILES string of the molecule is O=C1C=CC(=O)c2c(O)c(CO)c(CO)c(O)c21. The Bertz CT molecular complexity index is 534. The van der Waals surface area contributed by atoms with Gasteiger partial charge < -0.3 is 20.4 Å². The summed E-state index contributed by atoms with van der Waals surface area (Å²) in [6.07, 6.45) is 1.95. The quantitative estimate of drug-likeness (QED) is 0.550. The fourth-order valence-electron chi connectivity index (χ4n) is 1.96. The average molecular weight is 250 g/mol. The van der Waals surface area contributed by atoms with Crippen LogP contribution in [0, 0.1) is 0 Å². The van der Waals surface area contributed by atoms with Crippen LogP contribution < -0.4 is 0 Å². The van der Waals surface area contributed by atoms with Gasteiger partial charge in [0.05, 0.1) is 24.3 Å². The van der Waals surface area contributed by atoms with Crippen LogP contribution in [0.25, 0.3) is 0 Å². The van der Waals surface area contributed by atoms with Gasteiger partial charge in [-0.05, 0) is 12.2 Å². The number of aliphatic hydroxyl groups is 2. The number of carbonyl (C=O) groups excluding carboxylic acids is 2. The van der Waals surface area contributed by atoms with Crippen molar-refractivity contribution < 1.29 is 30.0 Å². The van der Waals surface area contributed by atoms with E-state index in [9.17, 15) is 19.8 Å². The molecule has 0 radical (unpaired) electrons. The molecule has 0 fully saturated rings. The maximum atomic E-state index is 11.6. The zero-order chi connectivity index (χ0) is 13.4. The van der Waals surface area contributed by atoms with Crippen molar-refractivity contribution in [3.63, 3.8) is 0 Å². The molecule has 0 saturated carbocycles. The molecule has 4 N–H and O–H groups in total. The molecule has 0 amide bonds. The van der Waals surface area contributed by atoms with Crippen LogP contribution in [0.15, 0.2) is 12.2 Å². The van der Waals surface area contributed by atoms with E-state index in [0.29, 0.717) is 0 Å². The number of carbonyl (C=O) groups is 2. The highest BCUT2D eigenvalue weighted by Gasteiger charge is 2.31. The number of ketones is 2. The minimum absolute atomic E-state index is 0.162. The summed E-state index contributed by atoms with van der Waals surface area (Å²) in [6, 6.07) is 0. The molecule has 94 valence electrons. The molecule has 1 aliphatic rings. The standard InChI is InChI=1S/C12H10O6/c13-3-5-6(4-14)12(18)10-8(16)2-1-7(15)9(10)11(5)17/h1-2,13-14,17-18H,3-4H2. The Morgan fingerprint density at radius 2 is 1.11 bits per heavy atom. The molecule has 0 unspecified atom stereocenters. The maximum Gasteiger partial charge on any atom is 0.190 e. The zero-order valence-corrected chi connectivity index (χ0v) is 9.17. The van der Waals surface area contributed by atoms with Crippen molar-refractivity contribution >= 4 is 11.6 Å². The molecule has 18 heavy (non-hydrogen) atoms. The van der Waals surface area contributed by atoms with Gasteiger partial charge in [-0.1, -0.05) is 0 Å². The third-order valence-electron chi connectivity index (χ3n) is 2.85. The number of phenols is 2. The largest absolute Gasteiger partial charge is 0.507 e. The summed E-state index contributed by atoms with van der Waals surface area (Å²) in [4.78, 5) is 23.2. The maximum absolute atomic E-state index is 11.6.